The first-order valence-corrected chi connectivity index (χ1v) is 9.34. The summed E-state index contributed by atoms with van der Waals surface area (Å²) in [6.45, 7) is 4.04. The Hall–Kier alpha value is -2.96. The molecule has 1 aromatic heterocycles. The molecule has 7 heteroatoms. The number of carbonyl (C=O) groups excluding carboxylic acids is 2. The van der Waals surface area contributed by atoms with Crippen LogP contribution in [0, 0.1) is 0 Å². The molecule has 1 aromatic carbocycles. The van der Waals surface area contributed by atoms with Crippen LogP contribution in [0.2, 0.25) is 0 Å². The van der Waals surface area contributed by atoms with Crippen LogP contribution in [0.4, 0.5) is 11.5 Å². The van der Waals surface area contributed by atoms with Gasteiger partial charge in [-0.25, -0.2) is 4.79 Å². The van der Waals surface area contributed by atoms with Crippen LogP contribution in [-0.2, 0) is 4.74 Å². The van der Waals surface area contributed by atoms with E-state index in [1.807, 2.05) is 6.07 Å². The Bertz CT molecular complexity index is 767. The third-order valence-electron chi connectivity index (χ3n) is 4.47. The number of esters is 1. The van der Waals surface area contributed by atoms with Crippen molar-refractivity contribution in [3.63, 3.8) is 0 Å². The van der Waals surface area contributed by atoms with Crippen LogP contribution in [-0.4, -0.2) is 41.8 Å². The van der Waals surface area contributed by atoms with Gasteiger partial charge in [0.15, 0.2) is 11.5 Å². The number of nitrogens with one attached hydrogen (secondary N) is 1. The highest BCUT2D eigenvalue weighted by atomic mass is 16.5. The Labute approximate surface area is 158 Å². The molecule has 1 fully saturated rings. The molecule has 2 aromatic rings. The predicted octanol–water partition coefficient (Wildman–Crippen LogP) is 3.29. The second-order valence-corrected chi connectivity index (χ2v) is 6.43. The molecule has 0 radical (unpaired) electrons. The molecule has 3 rings (SSSR count). The van der Waals surface area contributed by atoms with Crippen molar-refractivity contribution in [2.24, 2.45) is 0 Å². The van der Waals surface area contributed by atoms with Crippen LogP contribution < -0.4 is 10.2 Å². The fourth-order valence-corrected chi connectivity index (χ4v) is 3.01. The summed E-state index contributed by atoms with van der Waals surface area (Å²) < 4.78 is 4.94. The molecule has 2 heterocycles. The summed E-state index contributed by atoms with van der Waals surface area (Å²) in [5.74, 6) is 0.0892. The molecule has 7 nitrogen and oxygen atoms in total. The zero-order chi connectivity index (χ0) is 19.1. The lowest BCUT2D eigenvalue weighted by molar-refractivity contribution is 0.0526. The number of carbonyl (C=O) groups is 2. The summed E-state index contributed by atoms with van der Waals surface area (Å²) >= 11 is 0. The van der Waals surface area contributed by atoms with Crippen LogP contribution in [0.25, 0.3) is 0 Å². The first-order valence-electron chi connectivity index (χ1n) is 9.34. The van der Waals surface area contributed by atoms with Crippen LogP contribution >= 0.6 is 0 Å². The van der Waals surface area contributed by atoms with Crippen molar-refractivity contribution in [1.29, 1.82) is 0 Å². The molecule has 0 atom stereocenters. The maximum atomic E-state index is 12.4. The number of hydrogen-bond acceptors (Lipinski definition) is 6. The maximum absolute atomic E-state index is 12.4. The molecule has 0 aliphatic carbocycles. The Balaban J connectivity index is 1.61. The number of hydrogen-bond donors (Lipinski definition) is 1. The van der Waals surface area contributed by atoms with Gasteiger partial charge in [-0.2, -0.15) is 0 Å². The summed E-state index contributed by atoms with van der Waals surface area (Å²) in [5, 5.41) is 11.0. The van der Waals surface area contributed by atoms with Crippen molar-refractivity contribution in [3.8, 4) is 0 Å². The predicted molar refractivity (Wildman–Crippen MR) is 103 cm³/mol. The highest BCUT2D eigenvalue weighted by molar-refractivity contribution is 6.03. The van der Waals surface area contributed by atoms with Gasteiger partial charge in [0.05, 0.1) is 12.2 Å². The van der Waals surface area contributed by atoms with E-state index in [0.717, 1.165) is 31.7 Å². The Morgan fingerprint density at radius 1 is 1.00 bits per heavy atom. The molecular weight excluding hydrogens is 344 g/mol. The van der Waals surface area contributed by atoms with Gasteiger partial charge in [0.1, 0.15) is 0 Å². The lowest BCUT2D eigenvalue weighted by atomic mass is 10.2. The van der Waals surface area contributed by atoms with Crippen LogP contribution in [0.5, 0.6) is 0 Å². The maximum Gasteiger partial charge on any atom is 0.338 e. The molecule has 1 aliphatic rings. The van der Waals surface area contributed by atoms with Crippen molar-refractivity contribution in [1.82, 2.24) is 10.2 Å². The average Bonchev–Trinajstić information content (AvgIpc) is 2.98. The van der Waals surface area contributed by atoms with Gasteiger partial charge in [0, 0.05) is 18.8 Å². The largest absolute Gasteiger partial charge is 0.462 e. The van der Waals surface area contributed by atoms with Crippen LogP contribution in [0.1, 0.15) is 53.5 Å². The van der Waals surface area contributed by atoms with E-state index < -0.39 is 0 Å². The van der Waals surface area contributed by atoms with E-state index in [1.165, 1.54) is 12.8 Å². The van der Waals surface area contributed by atoms with Crippen molar-refractivity contribution in [2.45, 2.75) is 32.6 Å². The van der Waals surface area contributed by atoms with Gasteiger partial charge < -0.3 is 15.0 Å². The number of aromatic nitrogens is 2. The number of nitrogens with zero attached hydrogens (tertiary/aromatic N) is 3. The number of benzene rings is 1. The first-order chi connectivity index (χ1) is 13.2. The van der Waals surface area contributed by atoms with Gasteiger partial charge in [0.2, 0.25) is 0 Å². The standard InChI is InChI=1S/C20H24N4O3/c1-2-27-20(26)15-7-9-16(10-8-15)21-19(25)17-11-12-18(23-22-17)24-13-5-3-4-6-14-24/h7-12H,2-6,13-14H2,1H3,(H,21,25). The van der Waals surface area contributed by atoms with Crippen molar-refractivity contribution in [2.75, 3.05) is 29.9 Å². The SMILES string of the molecule is CCOC(=O)c1ccc(NC(=O)c2ccc(N3CCCCCC3)nn2)cc1. The third kappa shape index (κ3) is 5.03. The highest BCUT2D eigenvalue weighted by Crippen LogP contribution is 2.17. The normalized spacial score (nSPS) is 14.3. The Morgan fingerprint density at radius 2 is 1.70 bits per heavy atom. The Morgan fingerprint density at radius 3 is 2.30 bits per heavy atom. The highest BCUT2D eigenvalue weighted by Gasteiger charge is 2.14. The molecule has 0 bridgehead atoms. The number of ether oxygens (including phenoxy) is 1. The minimum atomic E-state index is -0.384. The van der Waals surface area contributed by atoms with Gasteiger partial charge in [-0.05, 0) is 56.2 Å². The summed E-state index contributed by atoms with van der Waals surface area (Å²) in [6, 6.07) is 10.1. The second kappa shape index (κ2) is 9.12. The quantitative estimate of drug-likeness (QED) is 0.815. The molecule has 27 heavy (non-hydrogen) atoms. The molecule has 1 aliphatic heterocycles. The van der Waals surface area contributed by atoms with E-state index in [9.17, 15) is 9.59 Å². The summed E-state index contributed by atoms with van der Waals surface area (Å²) in [5.41, 5.74) is 1.27. The molecule has 0 unspecified atom stereocenters. The molecule has 0 saturated carbocycles. The van der Waals surface area contributed by atoms with Crippen molar-refractivity contribution < 1.29 is 14.3 Å². The summed E-state index contributed by atoms with van der Waals surface area (Å²) in [6.07, 6.45) is 4.82. The first kappa shape index (κ1) is 18.8. The van der Waals surface area contributed by atoms with Gasteiger partial charge in [-0.3, -0.25) is 4.79 Å². The van der Waals surface area contributed by atoms with Gasteiger partial charge >= 0.3 is 5.97 Å². The van der Waals surface area contributed by atoms with Gasteiger partial charge in [-0.15, -0.1) is 10.2 Å². The fraction of sp³-hybridized carbons (Fsp3) is 0.400. The van der Waals surface area contributed by atoms with Crippen LogP contribution in [0.15, 0.2) is 36.4 Å². The number of rotatable bonds is 5. The minimum Gasteiger partial charge on any atom is -0.462 e. The lowest BCUT2D eigenvalue weighted by Gasteiger charge is -2.20. The zero-order valence-corrected chi connectivity index (χ0v) is 15.5. The monoisotopic (exact) mass is 368 g/mol. The molecule has 1 amide bonds. The smallest absolute Gasteiger partial charge is 0.338 e. The molecule has 0 spiro atoms. The average molecular weight is 368 g/mol. The van der Waals surface area contributed by atoms with E-state index in [1.54, 1.807) is 37.3 Å². The van der Waals surface area contributed by atoms with E-state index in [4.69, 9.17) is 4.74 Å². The number of amides is 1. The minimum absolute atomic E-state index is 0.253. The van der Waals surface area contributed by atoms with Crippen LogP contribution in [0.3, 0.4) is 0 Å². The number of anilines is 2. The van der Waals surface area contributed by atoms with Crippen molar-refractivity contribution in [3.05, 3.63) is 47.7 Å². The summed E-state index contributed by atoms with van der Waals surface area (Å²) in [4.78, 5) is 26.2. The summed E-state index contributed by atoms with van der Waals surface area (Å²) in [7, 11) is 0. The van der Waals surface area contributed by atoms with E-state index in [2.05, 4.69) is 20.4 Å². The Kier molecular flexibility index (Phi) is 6.35. The van der Waals surface area contributed by atoms with E-state index in [0.29, 0.717) is 17.9 Å². The van der Waals surface area contributed by atoms with Crippen molar-refractivity contribution >= 4 is 23.4 Å². The molecule has 1 N–H and O–H groups in total. The van der Waals surface area contributed by atoms with Gasteiger partial charge in [0.25, 0.3) is 5.91 Å². The second-order valence-electron chi connectivity index (χ2n) is 6.43. The zero-order valence-electron chi connectivity index (χ0n) is 15.5. The lowest BCUT2D eigenvalue weighted by Crippen LogP contribution is -2.25. The molecule has 1 saturated heterocycles. The molecular formula is C20H24N4O3. The van der Waals surface area contributed by atoms with E-state index in [-0.39, 0.29) is 17.6 Å². The molecule has 142 valence electrons. The topological polar surface area (TPSA) is 84.4 Å². The van der Waals surface area contributed by atoms with E-state index >= 15 is 0 Å². The fourth-order valence-electron chi connectivity index (χ4n) is 3.01. The van der Waals surface area contributed by atoms with Gasteiger partial charge in [-0.1, -0.05) is 12.8 Å². The third-order valence-corrected chi connectivity index (χ3v) is 4.47.